The van der Waals surface area contributed by atoms with Crippen LogP contribution in [0.3, 0.4) is 0 Å². The first-order chi connectivity index (χ1) is 6.69. The van der Waals surface area contributed by atoms with Gasteiger partial charge in [0.2, 0.25) is 6.08 Å². The highest BCUT2D eigenvalue weighted by atomic mass is 79.9. The van der Waals surface area contributed by atoms with E-state index in [4.69, 9.17) is 4.74 Å². The molecule has 0 radical (unpaired) electrons. The van der Waals surface area contributed by atoms with Gasteiger partial charge in [-0.15, -0.1) is 0 Å². The number of aliphatic imine (C=N–C) groups is 1. The summed E-state index contributed by atoms with van der Waals surface area (Å²) < 4.78 is 18.8. The molecule has 14 heavy (non-hydrogen) atoms. The van der Waals surface area contributed by atoms with E-state index in [-0.39, 0.29) is 6.54 Å². The lowest BCUT2D eigenvalue weighted by Gasteiger charge is -2.05. The van der Waals surface area contributed by atoms with Crippen LogP contribution in [0.25, 0.3) is 0 Å². The summed E-state index contributed by atoms with van der Waals surface area (Å²) in [5, 5.41) is 0. The van der Waals surface area contributed by atoms with Crippen molar-refractivity contribution in [2.45, 2.75) is 6.54 Å². The number of halogens is 2. The van der Waals surface area contributed by atoms with Crippen LogP contribution >= 0.6 is 15.9 Å². The van der Waals surface area contributed by atoms with Crippen molar-refractivity contribution in [3.63, 3.8) is 0 Å². The quantitative estimate of drug-likeness (QED) is 0.618. The summed E-state index contributed by atoms with van der Waals surface area (Å²) in [5.74, 6) is -0.0506. The highest BCUT2D eigenvalue weighted by Crippen LogP contribution is 2.28. The van der Waals surface area contributed by atoms with Crippen LogP contribution in [-0.2, 0) is 11.3 Å². The molecule has 1 aromatic rings. The zero-order valence-corrected chi connectivity index (χ0v) is 8.97. The first-order valence-electron chi connectivity index (χ1n) is 3.74. The number of carbonyl (C=O) groups excluding carboxylic acids is 1. The van der Waals surface area contributed by atoms with Crippen LogP contribution in [0.1, 0.15) is 5.56 Å². The zero-order chi connectivity index (χ0) is 10.6. The Balaban J connectivity index is 3.08. The van der Waals surface area contributed by atoms with E-state index in [2.05, 4.69) is 20.9 Å². The normalized spacial score (nSPS) is 9.36. The maximum absolute atomic E-state index is 13.2. The molecule has 0 unspecified atom stereocenters. The maximum atomic E-state index is 13.2. The third kappa shape index (κ3) is 2.40. The van der Waals surface area contributed by atoms with Crippen molar-refractivity contribution in [3.05, 3.63) is 28.0 Å². The summed E-state index contributed by atoms with van der Waals surface area (Å²) in [4.78, 5) is 13.1. The lowest BCUT2D eigenvalue weighted by Crippen LogP contribution is -1.92. The Kier molecular flexibility index (Phi) is 3.80. The fraction of sp³-hybridized carbons (Fsp3) is 0.222. The number of benzene rings is 1. The molecule has 5 heteroatoms. The second-order valence-electron chi connectivity index (χ2n) is 2.49. The lowest BCUT2D eigenvalue weighted by atomic mass is 10.2. The predicted octanol–water partition coefficient (Wildman–Crippen LogP) is 2.43. The topological polar surface area (TPSA) is 38.7 Å². The Labute approximate surface area is 88.7 Å². The largest absolute Gasteiger partial charge is 0.495 e. The monoisotopic (exact) mass is 259 g/mol. The fourth-order valence-corrected chi connectivity index (χ4v) is 1.52. The van der Waals surface area contributed by atoms with Crippen LogP contribution in [-0.4, -0.2) is 13.2 Å². The summed E-state index contributed by atoms with van der Waals surface area (Å²) in [6.45, 7) is -0.0159. The minimum atomic E-state index is -0.455. The summed E-state index contributed by atoms with van der Waals surface area (Å²) in [5.41, 5.74) is 0.320. The molecule has 0 amide bonds. The molecule has 0 fully saturated rings. The van der Waals surface area contributed by atoms with E-state index in [9.17, 15) is 9.18 Å². The van der Waals surface area contributed by atoms with Gasteiger partial charge in [-0.1, -0.05) is 0 Å². The second-order valence-corrected chi connectivity index (χ2v) is 3.34. The summed E-state index contributed by atoms with van der Waals surface area (Å²) in [6, 6.07) is 2.76. The Bertz CT molecular complexity index is 389. The van der Waals surface area contributed by atoms with E-state index in [1.54, 1.807) is 0 Å². The molecule has 0 aliphatic carbocycles. The Morgan fingerprint density at radius 1 is 1.64 bits per heavy atom. The molecule has 0 N–H and O–H groups in total. The van der Waals surface area contributed by atoms with Gasteiger partial charge >= 0.3 is 0 Å². The first-order valence-corrected chi connectivity index (χ1v) is 4.54. The fourth-order valence-electron chi connectivity index (χ4n) is 0.965. The van der Waals surface area contributed by atoms with Gasteiger partial charge in [-0.3, -0.25) is 0 Å². The highest BCUT2D eigenvalue weighted by molar-refractivity contribution is 9.10. The maximum Gasteiger partial charge on any atom is 0.235 e. The number of hydrogen-bond donors (Lipinski definition) is 0. The van der Waals surface area contributed by atoms with Crippen LogP contribution in [0, 0.1) is 5.82 Å². The Hall–Kier alpha value is -1.19. The molecule has 0 spiro atoms. The molecule has 1 aromatic carbocycles. The second kappa shape index (κ2) is 4.88. The number of hydrogen-bond acceptors (Lipinski definition) is 3. The van der Waals surface area contributed by atoms with Crippen LogP contribution in [0.15, 0.2) is 21.6 Å². The van der Waals surface area contributed by atoms with E-state index in [0.717, 1.165) is 0 Å². The van der Waals surface area contributed by atoms with Crippen molar-refractivity contribution in [1.82, 2.24) is 0 Å². The Morgan fingerprint density at radius 3 is 2.93 bits per heavy atom. The van der Waals surface area contributed by atoms with E-state index >= 15 is 0 Å². The van der Waals surface area contributed by atoms with Crippen molar-refractivity contribution >= 4 is 22.0 Å². The third-order valence-electron chi connectivity index (χ3n) is 1.63. The van der Waals surface area contributed by atoms with E-state index < -0.39 is 5.82 Å². The van der Waals surface area contributed by atoms with Crippen LogP contribution in [0.4, 0.5) is 4.39 Å². The van der Waals surface area contributed by atoms with Crippen molar-refractivity contribution in [2.24, 2.45) is 4.99 Å². The standard InChI is InChI=1S/C9H7BrFNO2/c1-14-9-3-8(11)6(2-7(9)10)4-12-5-13/h2-3H,4H2,1H3. The minimum absolute atomic E-state index is 0.0159. The van der Waals surface area contributed by atoms with Gasteiger partial charge in [-0.2, -0.15) is 0 Å². The van der Waals surface area contributed by atoms with Gasteiger partial charge in [0, 0.05) is 11.6 Å². The number of methoxy groups -OCH3 is 1. The molecule has 0 heterocycles. The molecule has 0 atom stereocenters. The van der Waals surface area contributed by atoms with Gasteiger partial charge in [0.15, 0.2) is 0 Å². The van der Waals surface area contributed by atoms with Gasteiger partial charge in [-0.05, 0) is 22.0 Å². The van der Waals surface area contributed by atoms with E-state index in [1.807, 2.05) is 0 Å². The van der Waals surface area contributed by atoms with Crippen molar-refractivity contribution in [1.29, 1.82) is 0 Å². The van der Waals surface area contributed by atoms with Crippen LogP contribution < -0.4 is 4.74 Å². The smallest absolute Gasteiger partial charge is 0.235 e. The third-order valence-corrected chi connectivity index (χ3v) is 2.25. The SMILES string of the molecule is COc1cc(F)c(CN=C=O)cc1Br. The van der Waals surface area contributed by atoms with Crippen LogP contribution in [0.5, 0.6) is 5.75 Å². The molecule has 0 saturated carbocycles. The van der Waals surface area contributed by atoms with Gasteiger partial charge in [0.05, 0.1) is 18.1 Å². The van der Waals surface area contributed by atoms with Gasteiger partial charge in [0.1, 0.15) is 11.6 Å². The molecular formula is C9H7BrFNO2. The number of ether oxygens (including phenoxy) is 1. The average Bonchev–Trinajstić information content (AvgIpc) is 2.18. The molecular weight excluding hydrogens is 253 g/mol. The number of isocyanates is 1. The average molecular weight is 260 g/mol. The lowest BCUT2D eigenvalue weighted by molar-refractivity contribution is 0.408. The number of rotatable bonds is 3. The minimum Gasteiger partial charge on any atom is -0.495 e. The summed E-state index contributed by atoms with van der Waals surface area (Å²) >= 11 is 3.20. The molecule has 0 saturated heterocycles. The first kappa shape index (κ1) is 10.9. The molecule has 74 valence electrons. The van der Waals surface area contributed by atoms with E-state index in [1.165, 1.54) is 25.3 Å². The van der Waals surface area contributed by atoms with Crippen molar-refractivity contribution in [2.75, 3.05) is 7.11 Å². The van der Waals surface area contributed by atoms with Gasteiger partial charge < -0.3 is 4.74 Å². The van der Waals surface area contributed by atoms with Gasteiger partial charge in [-0.25, -0.2) is 14.2 Å². The molecule has 0 aliphatic rings. The molecule has 0 aromatic heterocycles. The molecule has 0 aliphatic heterocycles. The highest BCUT2D eigenvalue weighted by Gasteiger charge is 2.07. The van der Waals surface area contributed by atoms with Crippen LogP contribution in [0.2, 0.25) is 0 Å². The molecule has 1 rings (SSSR count). The van der Waals surface area contributed by atoms with Crippen molar-refractivity contribution in [3.8, 4) is 5.75 Å². The van der Waals surface area contributed by atoms with E-state index in [0.29, 0.717) is 15.8 Å². The van der Waals surface area contributed by atoms with Crippen molar-refractivity contribution < 1.29 is 13.9 Å². The summed E-state index contributed by atoms with van der Waals surface area (Å²) in [7, 11) is 1.45. The molecule has 0 bridgehead atoms. The van der Waals surface area contributed by atoms with Gasteiger partial charge in [0.25, 0.3) is 0 Å². The Morgan fingerprint density at radius 2 is 2.36 bits per heavy atom. The molecule has 3 nitrogen and oxygen atoms in total. The predicted molar refractivity (Wildman–Crippen MR) is 52.5 cm³/mol. The zero-order valence-electron chi connectivity index (χ0n) is 7.38. The number of nitrogens with zero attached hydrogens (tertiary/aromatic N) is 1. The summed E-state index contributed by atoms with van der Waals surface area (Å²) in [6.07, 6.45) is 1.35.